The summed E-state index contributed by atoms with van der Waals surface area (Å²) in [7, 11) is 0. The summed E-state index contributed by atoms with van der Waals surface area (Å²) < 4.78 is 0. The lowest BCUT2D eigenvalue weighted by atomic mass is 10.0. The highest BCUT2D eigenvalue weighted by atomic mass is 16.1. The molecular formula is C16H16N4O. The number of nitrogens with zero attached hydrogens (tertiary/aromatic N) is 2. The van der Waals surface area contributed by atoms with Crippen molar-refractivity contribution in [3.63, 3.8) is 0 Å². The third-order valence-electron chi connectivity index (χ3n) is 3.38. The van der Waals surface area contributed by atoms with Crippen LogP contribution in [0.2, 0.25) is 0 Å². The summed E-state index contributed by atoms with van der Waals surface area (Å²) in [6.07, 6.45) is 3.09. The van der Waals surface area contributed by atoms with Crippen molar-refractivity contribution in [3.05, 3.63) is 60.2 Å². The summed E-state index contributed by atoms with van der Waals surface area (Å²) in [6, 6.07) is 13.7. The van der Waals surface area contributed by atoms with Crippen LogP contribution in [0.5, 0.6) is 0 Å². The maximum atomic E-state index is 12.3. The summed E-state index contributed by atoms with van der Waals surface area (Å²) in [5, 5.41) is 11.6. The van der Waals surface area contributed by atoms with Gasteiger partial charge in [0.2, 0.25) is 0 Å². The Hall–Kier alpha value is -2.69. The van der Waals surface area contributed by atoms with Gasteiger partial charge in [-0.1, -0.05) is 36.4 Å². The van der Waals surface area contributed by atoms with Crippen molar-refractivity contribution in [2.45, 2.75) is 12.8 Å². The number of nitrogens with one attached hydrogen (secondary N) is 2. The van der Waals surface area contributed by atoms with Crippen LogP contribution in [-0.4, -0.2) is 27.6 Å². The summed E-state index contributed by atoms with van der Waals surface area (Å²) >= 11 is 0. The van der Waals surface area contributed by atoms with Crippen LogP contribution in [0.3, 0.4) is 0 Å². The molecule has 2 aromatic carbocycles. The summed E-state index contributed by atoms with van der Waals surface area (Å²) in [5.41, 5.74) is 0.716. The fourth-order valence-corrected chi connectivity index (χ4v) is 2.33. The van der Waals surface area contributed by atoms with Crippen LogP contribution in [0.4, 0.5) is 0 Å². The molecule has 1 amide bonds. The molecule has 0 atom stereocenters. The van der Waals surface area contributed by atoms with Crippen LogP contribution in [0.15, 0.2) is 48.8 Å². The van der Waals surface area contributed by atoms with Gasteiger partial charge in [0.25, 0.3) is 5.91 Å². The molecule has 0 unspecified atom stereocenters. The van der Waals surface area contributed by atoms with Crippen LogP contribution in [0, 0.1) is 0 Å². The van der Waals surface area contributed by atoms with Crippen LogP contribution >= 0.6 is 0 Å². The smallest absolute Gasteiger partial charge is 0.251 e. The molecule has 1 aromatic heterocycles. The van der Waals surface area contributed by atoms with E-state index in [1.165, 1.54) is 6.33 Å². The maximum Gasteiger partial charge on any atom is 0.251 e. The number of amides is 1. The molecular weight excluding hydrogens is 264 g/mol. The maximum absolute atomic E-state index is 12.3. The summed E-state index contributed by atoms with van der Waals surface area (Å²) in [5.74, 6) is 0.804. The number of benzene rings is 2. The Bertz CT molecular complexity index is 732. The van der Waals surface area contributed by atoms with E-state index in [1.807, 2.05) is 42.5 Å². The molecule has 2 N–H and O–H groups in total. The van der Waals surface area contributed by atoms with E-state index in [-0.39, 0.29) is 5.91 Å². The van der Waals surface area contributed by atoms with E-state index in [0.29, 0.717) is 12.1 Å². The van der Waals surface area contributed by atoms with Gasteiger partial charge in [-0.2, -0.15) is 5.10 Å². The normalized spacial score (nSPS) is 10.7. The topological polar surface area (TPSA) is 70.7 Å². The molecule has 106 valence electrons. The SMILES string of the molecule is O=C(NCCCc1ncn[nH]1)c1cccc2ccccc12. The first kappa shape index (κ1) is 13.3. The standard InChI is InChI=1S/C16H16N4O/c21-16(17-10-4-9-15-18-11-19-20-15)14-8-3-6-12-5-1-2-7-13(12)14/h1-3,5-8,11H,4,9-10H2,(H,17,21)(H,18,19,20). The Morgan fingerprint density at radius 3 is 2.86 bits per heavy atom. The van der Waals surface area contributed by atoms with Gasteiger partial charge >= 0.3 is 0 Å². The van der Waals surface area contributed by atoms with E-state index in [1.54, 1.807) is 0 Å². The van der Waals surface area contributed by atoms with Crippen molar-refractivity contribution < 1.29 is 4.79 Å². The van der Waals surface area contributed by atoms with Gasteiger partial charge in [-0.25, -0.2) is 4.98 Å². The molecule has 0 saturated heterocycles. The molecule has 0 aliphatic heterocycles. The second-order valence-electron chi connectivity index (χ2n) is 4.82. The number of rotatable bonds is 5. The molecule has 3 rings (SSSR count). The molecule has 0 radical (unpaired) electrons. The van der Waals surface area contributed by atoms with Crippen LogP contribution in [0.1, 0.15) is 22.6 Å². The molecule has 0 spiro atoms. The quantitative estimate of drug-likeness (QED) is 0.705. The fraction of sp³-hybridized carbons (Fsp3) is 0.188. The molecule has 0 fully saturated rings. The summed E-state index contributed by atoms with van der Waals surface area (Å²) in [4.78, 5) is 16.3. The molecule has 21 heavy (non-hydrogen) atoms. The zero-order chi connectivity index (χ0) is 14.5. The Labute approximate surface area is 122 Å². The minimum absolute atomic E-state index is 0.0376. The number of aromatic amines is 1. The third kappa shape index (κ3) is 3.08. The lowest BCUT2D eigenvalue weighted by Crippen LogP contribution is -2.25. The molecule has 0 aliphatic carbocycles. The van der Waals surface area contributed by atoms with Crippen molar-refractivity contribution in [2.24, 2.45) is 0 Å². The van der Waals surface area contributed by atoms with Crippen molar-refractivity contribution in [1.82, 2.24) is 20.5 Å². The first-order valence-corrected chi connectivity index (χ1v) is 6.95. The average molecular weight is 280 g/mol. The predicted molar refractivity (Wildman–Crippen MR) is 81.0 cm³/mol. The van der Waals surface area contributed by atoms with Crippen LogP contribution < -0.4 is 5.32 Å². The van der Waals surface area contributed by atoms with Crippen molar-refractivity contribution in [2.75, 3.05) is 6.54 Å². The molecule has 0 bridgehead atoms. The number of fused-ring (bicyclic) bond motifs is 1. The number of hydrogen-bond acceptors (Lipinski definition) is 3. The second-order valence-corrected chi connectivity index (χ2v) is 4.82. The van der Waals surface area contributed by atoms with E-state index in [4.69, 9.17) is 0 Å². The highest BCUT2D eigenvalue weighted by Crippen LogP contribution is 2.18. The Balaban J connectivity index is 1.62. The molecule has 0 aliphatic rings. The minimum atomic E-state index is -0.0376. The number of aromatic nitrogens is 3. The molecule has 1 heterocycles. The van der Waals surface area contributed by atoms with Crippen LogP contribution in [0.25, 0.3) is 10.8 Å². The van der Waals surface area contributed by atoms with E-state index in [0.717, 1.165) is 29.4 Å². The molecule has 5 heteroatoms. The van der Waals surface area contributed by atoms with Gasteiger partial charge in [-0.05, 0) is 23.3 Å². The minimum Gasteiger partial charge on any atom is -0.352 e. The van der Waals surface area contributed by atoms with Gasteiger partial charge in [-0.15, -0.1) is 0 Å². The number of aryl methyl sites for hydroxylation is 1. The monoisotopic (exact) mass is 280 g/mol. The lowest BCUT2D eigenvalue weighted by Gasteiger charge is -2.07. The van der Waals surface area contributed by atoms with Crippen molar-refractivity contribution in [3.8, 4) is 0 Å². The predicted octanol–water partition coefficient (Wildman–Crippen LogP) is 2.32. The van der Waals surface area contributed by atoms with Crippen molar-refractivity contribution >= 4 is 16.7 Å². The third-order valence-corrected chi connectivity index (χ3v) is 3.38. The van der Waals surface area contributed by atoms with Crippen LogP contribution in [-0.2, 0) is 6.42 Å². The number of H-pyrrole nitrogens is 1. The first-order valence-electron chi connectivity index (χ1n) is 6.95. The van der Waals surface area contributed by atoms with Gasteiger partial charge in [0.1, 0.15) is 12.2 Å². The Morgan fingerprint density at radius 1 is 1.14 bits per heavy atom. The summed E-state index contributed by atoms with van der Waals surface area (Å²) in [6.45, 7) is 0.614. The Morgan fingerprint density at radius 2 is 2.00 bits per heavy atom. The lowest BCUT2D eigenvalue weighted by molar-refractivity contribution is 0.0955. The van der Waals surface area contributed by atoms with Gasteiger partial charge in [0.15, 0.2) is 0 Å². The van der Waals surface area contributed by atoms with E-state index < -0.39 is 0 Å². The Kier molecular flexibility index (Phi) is 3.91. The number of carbonyl (C=O) groups excluding carboxylic acids is 1. The zero-order valence-electron chi connectivity index (χ0n) is 11.5. The largest absolute Gasteiger partial charge is 0.352 e. The molecule has 3 aromatic rings. The highest BCUT2D eigenvalue weighted by molar-refractivity contribution is 6.06. The second kappa shape index (κ2) is 6.17. The molecule has 0 saturated carbocycles. The zero-order valence-corrected chi connectivity index (χ0v) is 11.5. The fourth-order valence-electron chi connectivity index (χ4n) is 2.33. The van der Waals surface area contributed by atoms with Crippen molar-refractivity contribution in [1.29, 1.82) is 0 Å². The van der Waals surface area contributed by atoms with Gasteiger partial charge in [0, 0.05) is 18.5 Å². The van der Waals surface area contributed by atoms with E-state index in [2.05, 4.69) is 20.5 Å². The van der Waals surface area contributed by atoms with Gasteiger partial charge in [0.05, 0.1) is 0 Å². The number of carbonyl (C=O) groups is 1. The molecule has 5 nitrogen and oxygen atoms in total. The first-order chi connectivity index (χ1) is 10.3. The van der Waals surface area contributed by atoms with E-state index in [9.17, 15) is 4.79 Å². The van der Waals surface area contributed by atoms with E-state index >= 15 is 0 Å². The average Bonchev–Trinajstić information content (AvgIpc) is 3.04. The van der Waals surface area contributed by atoms with Gasteiger partial charge < -0.3 is 5.32 Å². The highest BCUT2D eigenvalue weighted by Gasteiger charge is 2.08. The number of hydrogen-bond donors (Lipinski definition) is 2. The van der Waals surface area contributed by atoms with Gasteiger partial charge in [-0.3, -0.25) is 9.89 Å².